The van der Waals surface area contributed by atoms with E-state index in [4.69, 9.17) is 16.3 Å². The van der Waals surface area contributed by atoms with Crippen molar-refractivity contribution in [3.8, 4) is 5.75 Å². The molecule has 1 aromatic carbocycles. The average molecular weight is 197 g/mol. The summed E-state index contributed by atoms with van der Waals surface area (Å²) in [5.74, 6) is 0.724. The first-order chi connectivity index (χ1) is 6.14. The molecule has 2 rings (SSSR count). The topological polar surface area (TPSA) is 26.3 Å². The Morgan fingerprint density at radius 2 is 2.38 bits per heavy atom. The van der Waals surface area contributed by atoms with Crippen LogP contribution in [0.2, 0.25) is 5.02 Å². The number of benzene rings is 1. The van der Waals surface area contributed by atoms with E-state index in [-0.39, 0.29) is 0 Å². The average Bonchev–Trinajstić information content (AvgIpc) is 2.45. The van der Waals surface area contributed by atoms with E-state index in [0.717, 1.165) is 17.6 Å². The van der Waals surface area contributed by atoms with Crippen molar-refractivity contribution in [2.75, 3.05) is 0 Å². The number of aldehydes is 1. The van der Waals surface area contributed by atoms with Crippen LogP contribution in [0.4, 0.5) is 0 Å². The van der Waals surface area contributed by atoms with Gasteiger partial charge in [0.2, 0.25) is 0 Å². The number of fused-ring (bicyclic) bond motifs is 1. The second kappa shape index (κ2) is 2.74. The second-order valence-electron chi connectivity index (χ2n) is 3.43. The lowest BCUT2D eigenvalue weighted by atomic mass is 10.0. The number of hydrogen-bond acceptors (Lipinski definition) is 2. The molecule has 0 radical (unpaired) electrons. The lowest BCUT2D eigenvalue weighted by molar-refractivity contribution is -0.118. The molecule has 0 amide bonds. The van der Waals surface area contributed by atoms with Gasteiger partial charge in [-0.15, -0.1) is 0 Å². The summed E-state index contributed by atoms with van der Waals surface area (Å²) in [4.78, 5) is 10.7. The molecular formula is C10H9ClO2. The van der Waals surface area contributed by atoms with Gasteiger partial charge in [-0.25, -0.2) is 0 Å². The fourth-order valence-electron chi connectivity index (χ4n) is 1.51. The van der Waals surface area contributed by atoms with Crippen LogP contribution in [0, 0.1) is 0 Å². The highest BCUT2D eigenvalue weighted by molar-refractivity contribution is 6.31. The van der Waals surface area contributed by atoms with E-state index in [0.29, 0.717) is 11.4 Å². The maximum Gasteiger partial charge on any atom is 0.165 e. The number of hydrogen-bond donors (Lipinski definition) is 0. The van der Waals surface area contributed by atoms with Crippen LogP contribution >= 0.6 is 11.6 Å². The molecule has 3 heteroatoms. The van der Waals surface area contributed by atoms with E-state index in [1.54, 1.807) is 13.0 Å². The summed E-state index contributed by atoms with van der Waals surface area (Å²) in [6.45, 7) is 1.76. The van der Waals surface area contributed by atoms with Gasteiger partial charge in [0.05, 0.1) is 0 Å². The van der Waals surface area contributed by atoms with E-state index in [2.05, 4.69) is 0 Å². The van der Waals surface area contributed by atoms with Crippen molar-refractivity contribution in [1.82, 2.24) is 0 Å². The van der Waals surface area contributed by atoms with Crippen molar-refractivity contribution < 1.29 is 9.53 Å². The smallest absolute Gasteiger partial charge is 0.165 e. The van der Waals surface area contributed by atoms with E-state index in [1.807, 2.05) is 12.1 Å². The summed E-state index contributed by atoms with van der Waals surface area (Å²) in [5.41, 5.74) is 0.201. The largest absolute Gasteiger partial charge is 0.479 e. The third-order valence-electron chi connectivity index (χ3n) is 2.20. The summed E-state index contributed by atoms with van der Waals surface area (Å²) < 4.78 is 5.47. The van der Waals surface area contributed by atoms with Crippen molar-refractivity contribution in [3.63, 3.8) is 0 Å². The summed E-state index contributed by atoms with van der Waals surface area (Å²) in [5, 5.41) is 0.670. The zero-order chi connectivity index (χ0) is 9.47. The zero-order valence-electron chi connectivity index (χ0n) is 7.21. The third kappa shape index (κ3) is 1.31. The van der Waals surface area contributed by atoms with Crippen LogP contribution in [0.15, 0.2) is 18.2 Å². The summed E-state index contributed by atoms with van der Waals surface area (Å²) in [7, 11) is 0. The third-order valence-corrected chi connectivity index (χ3v) is 2.55. The van der Waals surface area contributed by atoms with Crippen LogP contribution in [-0.2, 0) is 11.2 Å². The lowest BCUT2D eigenvalue weighted by Gasteiger charge is -2.14. The normalized spacial score (nSPS) is 25.1. The molecule has 0 N–H and O–H groups in total. The number of ether oxygens (including phenoxy) is 1. The molecular weight excluding hydrogens is 188 g/mol. The van der Waals surface area contributed by atoms with Gasteiger partial charge < -0.3 is 4.74 Å². The standard InChI is InChI=1S/C10H9ClO2/c1-10(6-12)5-7-8(11)3-2-4-9(7)13-10/h2-4,6H,5H2,1H3. The minimum Gasteiger partial charge on any atom is -0.479 e. The van der Waals surface area contributed by atoms with Crippen molar-refractivity contribution in [3.05, 3.63) is 28.8 Å². The molecule has 1 unspecified atom stereocenters. The van der Waals surface area contributed by atoms with Crippen molar-refractivity contribution in [1.29, 1.82) is 0 Å². The predicted octanol–water partition coefficient (Wildman–Crippen LogP) is 2.23. The molecule has 0 bridgehead atoms. The first-order valence-corrected chi connectivity index (χ1v) is 4.45. The van der Waals surface area contributed by atoms with Crippen LogP contribution in [0.25, 0.3) is 0 Å². The fourth-order valence-corrected chi connectivity index (χ4v) is 1.74. The van der Waals surface area contributed by atoms with Crippen molar-refractivity contribution >= 4 is 17.9 Å². The SMILES string of the molecule is CC1(C=O)Cc2c(Cl)cccc2O1. The molecule has 1 atom stereocenters. The zero-order valence-corrected chi connectivity index (χ0v) is 7.97. The summed E-state index contributed by atoms with van der Waals surface area (Å²) >= 11 is 5.96. The molecule has 0 fully saturated rings. The van der Waals surface area contributed by atoms with E-state index >= 15 is 0 Å². The van der Waals surface area contributed by atoms with E-state index in [9.17, 15) is 4.79 Å². The molecule has 1 aliphatic rings. The van der Waals surface area contributed by atoms with Crippen LogP contribution in [-0.4, -0.2) is 11.9 Å². The van der Waals surface area contributed by atoms with Crippen molar-refractivity contribution in [2.24, 2.45) is 0 Å². The van der Waals surface area contributed by atoms with Gasteiger partial charge in [0.15, 0.2) is 11.9 Å². The number of carbonyl (C=O) groups excluding carboxylic acids is 1. The Morgan fingerprint density at radius 1 is 1.62 bits per heavy atom. The molecule has 1 aromatic rings. The quantitative estimate of drug-likeness (QED) is 0.644. The van der Waals surface area contributed by atoms with E-state index < -0.39 is 5.60 Å². The van der Waals surface area contributed by atoms with Crippen LogP contribution < -0.4 is 4.74 Å². The van der Waals surface area contributed by atoms with Crippen molar-refractivity contribution in [2.45, 2.75) is 18.9 Å². The van der Waals surface area contributed by atoms with Gasteiger partial charge in [0, 0.05) is 17.0 Å². The molecule has 68 valence electrons. The molecule has 1 heterocycles. The molecule has 0 saturated carbocycles. The van der Waals surface area contributed by atoms with Crippen LogP contribution in [0.3, 0.4) is 0 Å². The minimum absolute atomic E-state index is 0.561. The molecule has 13 heavy (non-hydrogen) atoms. The first-order valence-electron chi connectivity index (χ1n) is 4.07. The van der Waals surface area contributed by atoms with Gasteiger partial charge in [0.25, 0.3) is 0 Å². The molecule has 2 nitrogen and oxygen atoms in total. The van der Waals surface area contributed by atoms with Gasteiger partial charge in [-0.3, -0.25) is 4.79 Å². The molecule has 1 aliphatic heterocycles. The Labute approximate surface area is 81.5 Å². The van der Waals surface area contributed by atoms with Gasteiger partial charge >= 0.3 is 0 Å². The lowest BCUT2D eigenvalue weighted by Crippen LogP contribution is -2.31. The highest BCUT2D eigenvalue weighted by Crippen LogP contribution is 2.37. The van der Waals surface area contributed by atoms with Gasteiger partial charge in [-0.2, -0.15) is 0 Å². The van der Waals surface area contributed by atoms with Gasteiger partial charge in [-0.05, 0) is 19.1 Å². The Bertz CT molecular complexity index is 362. The van der Waals surface area contributed by atoms with Gasteiger partial charge in [-0.1, -0.05) is 17.7 Å². The maximum atomic E-state index is 10.7. The monoisotopic (exact) mass is 196 g/mol. The minimum atomic E-state index is -0.729. The number of carbonyl (C=O) groups is 1. The fraction of sp³-hybridized carbons (Fsp3) is 0.300. The molecule has 0 saturated heterocycles. The number of halogens is 1. The number of rotatable bonds is 1. The maximum absolute atomic E-state index is 10.7. The summed E-state index contributed by atoms with van der Waals surface area (Å²) in [6, 6.07) is 5.45. The van der Waals surface area contributed by atoms with Gasteiger partial charge in [0.1, 0.15) is 5.75 Å². The highest BCUT2D eigenvalue weighted by Gasteiger charge is 2.35. The molecule has 0 spiro atoms. The van der Waals surface area contributed by atoms with E-state index in [1.165, 1.54) is 0 Å². The Morgan fingerprint density at radius 3 is 3.00 bits per heavy atom. The second-order valence-corrected chi connectivity index (χ2v) is 3.83. The highest BCUT2D eigenvalue weighted by atomic mass is 35.5. The van der Waals surface area contributed by atoms with Crippen LogP contribution in [0.5, 0.6) is 5.75 Å². The predicted molar refractivity (Wildman–Crippen MR) is 50.3 cm³/mol. The Hall–Kier alpha value is -1.02. The Balaban J connectivity index is 2.46. The van der Waals surface area contributed by atoms with Crippen LogP contribution in [0.1, 0.15) is 12.5 Å². The summed E-state index contributed by atoms with van der Waals surface area (Å²) in [6.07, 6.45) is 1.38. The molecule has 0 aromatic heterocycles. The Kier molecular flexibility index (Phi) is 1.81. The molecule has 0 aliphatic carbocycles. The first kappa shape index (κ1) is 8.57.